The van der Waals surface area contributed by atoms with E-state index >= 15 is 0 Å². The summed E-state index contributed by atoms with van der Waals surface area (Å²) in [6, 6.07) is 0.534. The summed E-state index contributed by atoms with van der Waals surface area (Å²) in [6.07, 6.45) is -4.22. The number of aromatic nitrogens is 1. The zero-order chi connectivity index (χ0) is 13.2. The number of carbonyl (C=O) groups is 1. The zero-order valence-electron chi connectivity index (χ0n) is 8.88. The van der Waals surface area contributed by atoms with Crippen LogP contribution < -0.4 is 0 Å². The minimum atomic E-state index is -5.00. The van der Waals surface area contributed by atoms with E-state index in [4.69, 9.17) is 0 Å². The fourth-order valence-corrected chi connectivity index (χ4v) is 1.10. The van der Waals surface area contributed by atoms with Gasteiger partial charge in [-0.2, -0.15) is 13.2 Å². The first-order chi connectivity index (χ1) is 7.79. The predicted molar refractivity (Wildman–Crippen MR) is 48.3 cm³/mol. The maximum absolute atomic E-state index is 13.1. The summed E-state index contributed by atoms with van der Waals surface area (Å²) in [4.78, 5) is 19.1. The summed E-state index contributed by atoms with van der Waals surface area (Å²) in [6.45, 7) is 0. The first kappa shape index (κ1) is 13.4. The van der Waals surface area contributed by atoms with Crippen molar-refractivity contribution in [1.82, 2.24) is 10.0 Å². The molecule has 0 saturated carbocycles. The van der Waals surface area contributed by atoms with Crippen molar-refractivity contribution in [3.05, 3.63) is 29.3 Å². The number of hydrogen-bond donors (Lipinski definition) is 0. The molecule has 0 spiro atoms. The van der Waals surface area contributed by atoms with Gasteiger partial charge < -0.3 is 0 Å². The lowest BCUT2D eigenvalue weighted by molar-refractivity contribution is -0.141. The molecule has 0 unspecified atom stereocenters. The van der Waals surface area contributed by atoms with Crippen molar-refractivity contribution < 1.29 is 27.2 Å². The molecule has 1 aromatic rings. The number of nitrogens with zero attached hydrogens (tertiary/aromatic N) is 2. The second-order valence-corrected chi connectivity index (χ2v) is 3.00. The summed E-state index contributed by atoms with van der Waals surface area (Å²) in [7, 11) is 2.18. The van der Waals surface area contributed by atoms with Crippen molar-refractivity contribution >= 4 is 5.91 Å². The van der Waals surface area contributed by atoms with E-state index in [0.29, 0.717) is 11.1 Å². The first-order valence-electron chi connectivity index (χ1n) is 4.33. The fraction of sp³-hybridized carbons (Fsp3) is 0.333. The molecule has 0 aliphatic carbocycles. The van der Waals surface area contributed by atoms with Crippen LogP contribution in [0.3, 0.4) is 0 Å². The van der Waals surface area contributed by atoms with Gasteiger partial charge in [-0.15, -0.1) is 0 Å². The molecule has 0 aliphatic rings. The van der Waals surface area contributed by atoms with Gasteiger partial charge in [-0.25, -0.2) is 9.45 Å². The Bertz CT molecular complexity index is 433. The maximum Gasteiger partial charge on any atom is 0.421 e. The monoisotopic (exact) mass is 252 g/mol. The van der Waals surface area contributed by atoms with Gasteiger partial charge >= 0.3 is 6.18 Å². The molecule has 8 heteroatoms. The average Bonchev–Trinajstić information content (AvgIpc) is 2.24. The summed E-state index contributed by atoms with van der Waals surface area (Å²) in [5.41, 5.74) is -2.74. The Morgan fingerprint density at radius 2 is 2.06 bits per heavy atom. The highest BCUT2D eigenvalue weighted by Crippen LogP contribution is 2.33. The molecule has 0 radical (unpaired) electrons. The normalized spacial score (nSPS) is 11.4. The summed E-state index contributed by atoms with van der Waals surface area (Å²) in [5.74, 6) is -2.74. The SMILES string of the molecule is CON(C)C(=O)c1nccc(F)c1C(F)(F)F. The maximum atomic E-state index is 13.1. The van der Waals surface area contributed by atoms with Crippen LogP contribution >= 0.6 is 0 Å². The van der Waals surface area contributed by atoms with Crippen molar-refractivity contribution in [3.63, 3.8) is 0 Å². The van der Waals surface area contributed by atoms with Gasteiger partial charge in [0, 0.05) is 13.2 Å². The van der Waals surface area contributed by atoms with Crippen molar-refractivity contribution in [3.8, 4) is 0 Å². The van der Waals surface area contributed by atoms with Crippen LogP contribution in [0.15, 0.2) is 12.3 Å². The largest absolute Gasteiger partial charge is 0.421 e. The zero-order valence-corrected chi connectivity index (χ0v) is 8.88. The van der Waals surface area contributed by atoms with Crippen LogP contribution in [0.25, 0.3) is 0 Å². The van der Waals surface area contributed by atoms with Crippen molar-refractivity contribution in [2.24, 2.45) is 0 Å². The molecular weight excluding hydrogens is 244 g/mol. The van der Waals surface area contributed by atoms with Crippen LogP contribution in [0.2, 0.25) is 0 Å². The topological polar surface area (TPSA) is 42.4 Å². The molecule has 1 heterocycles. The highest BCUT2D eigenvalue weighted by atomic mass is 19.4. The van der Waals surface area contributed by atoms with Gasteiger partial charge in [-0.1, -0.05) is 0 Å². The summed E-state index contributed by atoms with van der Waals surface area (Å²) < 4.78 is 50.7. The smallest absolute Gasteiger partial charge is 0.274 e. The molecule has 1 aromatic heterocycles. The molecule has 0 N–H and O–H groups in total. The quantitative estimate of drug-likeness (QED) is 0.596. The summed E-state index contributed by atoms with van der Waals surface area (Å²) >= 11 is 0. The Kier molecular flexibility index (Phi) is 3.66. The number of pyridine rings is 1. The molecule has 0 aliphatic heterocycles. The lowest BCUT2D eigenvalue weighted by Gasteiger charge is -2.16. The minimum absolute atomic E-state index is 0.525. The third kappa shape index (κ3) is 2.70. The van der Waals surface area contributed by atoms with Gasteiger partial charge in [0.15, 0.2) is 0 Å². The predicted octanol–water partition coefficient (Wildman–Crippen LogP) is 1.87. The Labute approximate surface area is 93.8 Å². The molecule has 1 amide bonds. The lowest BCUT2D eigenvalue weighted by atomic mass is 10.1. The number of hydrogen-bond acceptors (Lipinski definition) is 3. The van der Waals surface area contributed by atoms with Crippen LogP contribution in [0.1, 0.15) is 16.1 Å². The Balaban J connectivity index is 3.35. The van der Waals surface area contributed by atoms with Gasteiger partial charge in [0.2, 0.25) is 0 Å². The second-order valence-electron chi connectivity index (χ2n) is 3.00. The number of hydroxylamine groups is 2. The molecule has 1 rings (SSSR count). The van der Waals surface area contributed by atoms with Crippen molar-refractivity contribution in [2.45, 2.75) is 6.18 Å². The van der Waals surface area contributed by atoms with Gasteiger partial charge in [-0.3, -0.25) is 14.6 Å². The molecule has 0 atom stereocenters. The standard InChI is InChI=1S/C9H8F4N2O2/c1-15(17-2)8(16)7-6(9(11,12)13)5(10)3-4-14-7/h3-4H,1-2H3. The van der Waals surface area contributed by atoms with E-state index in [-0.39, 0.29) is 0 Å². The van der Waals surface area contributed by atoms with E-state index in [1.54, 1.807) is 0 Å². The number of amides is 1. The second kappa shape index (κ2) is 4.66. The van der Waals surface area contributed by atoms with E-state index < -0.39 is 29.2 Å². The number of carbonyl (C=O) groups excluding carboxylic acids is 1. The average molecular weight is 252 g/mol. The van der Waals surface area contributed by atoms with Gasteiger partial charge in [0.25, 0.3) is 5.91 Å². The molecule has 0 bridgehead atoms. The molecule has 94 valence electrons. The van der Waals surface area contributed by atoms with Gasteiger partial charge in [0.05, 0.1) is 7.11 Å². The van der Waals surface area contributed by atoms with Gasteiger partial charge in [-0.05, 0) is 6.07 Å². The third-order valence-electron chi connectivity index (χ3n) is 1.95. The highest BCUT2D eigenvalue weighted by molar-refractivity contribution is 5.93. The van der Waals surface area contributed by atoms with Crippen molar-refractivity contribution in [1.29, 1.82) is 0 Å². The number of alkyl halides is 3. The Morgan fingerprint density at radius 1 is 1.47 bits per heavy atom. The first-order valence-corrected chi connectivity index (χ1v) is 4.33. The van der Waals surface area contributed by atoms with E-state index in [0.717, 1.165) is 20.4 Å². The molecule has 0 saturated heterocycles. The van der Waals surface area contributed by atoms with Crippen LogP contribution in [0, 0.1) is 5.82 Å². The summed E-state index contributed by atoms with van der Waals surface area (Å²) in [5, 5.41) is 0.525. The van der Waals surface area contributed by atoms with E-state index in [1.165, 1.54) is 0 Å². The van der Waals surface area contributed by atoms with Crippen LogP contribution in [0.4, 0.5) is 17.6 Å². The molecule has 0 fully saturated rings. The minimum Gasteiger partial charge on any atom is -0.274 e. The van der Waals surface area contributed by atoms with Gasteiger partial charge in [0.1, 0.15) is 17.1 Å². The van der Waals surface area contributed by atoms with Crippen LogP contribution in [0.5, 0.6) is 0 Å². The Hall–Kier alpha value is -1.70. The van der Waals surface area contributed by atoms with E-state index in [2.05, 4.69) is 9.82 Å². The molecular formula is C9H8F4N2O2. The fourth-order valence-electron chi connectivity index (χ4n) is 1.10. The van der Waals surface area contributed by atoms with Crippen molar-refractivity contribution in [2.75, 3.05) is 14.2 Å². The highest BCUT2D eigenvalue weighted by Gasteiger charge is 2.40. The molecule has 17 heavy (non-hydrogen) atoms. The third-order valence-corrected chi connectivity index (χ3v) is 1.95. The van der Waals surface area contributed by atoms with E-state index in [1.807, 2.05) is 0 Å². The molecule has 0 aromatic carbocycles. The number of rotatable bonds is 2. The van der Waals surface area contributed by atoms with E-state index in [9.17, 15) is 22.4 Å². The molecule has 4 nitrogen and oxygen atoms in total. The van der Waals surface area contributed by atoms with Crippen LogP contribution in [-0.2, 0) is 11.0 Å². The van der Waals surface area contributed by atoms with Crippen LogP contribution in [-0.4, -0.2) is 30.1 Å². The number of halogens is 4. The Morgan fingerprint density at radius 3 is 2.53 bits per heavy atom. The lowest BCUT2D eigenvalue weighted by Crippen LogP contribution is -2.29.